The summed E-state index contributed by atoms with van der Waals surface area (Å²) in [6, 6.07) is 10.9. The lowest BCUT2D eigenvalue weighted by Gasteiger charge is -2.41. The van der Waals surface area contributed by atoms with Crippen LogP contribution in [0.2, 0.25) is 0 Å². The second-order valence-electron chi connectivity index (χ2n) is 6.53. The lowest BCUT2D eigenvalue weighted by atomic mass is 9.69. The molecule has 0 bridgehead atoms. The van der Waals surface area contributed by atoms with Gasteiger partial charge in [0.15, 0.2) is 0 Å². The van der Waals surface area contributed by atoms with Gasteiger partial charge in [0.05, 0.1) is 5.60 Å². The Kier molecular flexibility index (Phi) is 3.64. The van der Waals surface area contributed by atoms with Gasteiger partial charge in [0, 0.05) is 6.54 Å². The monoisotopic (exact) mass is 259 g/mol. The van der Waals surface area contributed by atoms with Gasteiger partial charge in [-0.15, -0.1) is 0 Å². The average molecular weight is 259 g/mol. The van der Waals surface area contributed by atoms with E-state index in [1.54, 1.807) is 0 Å². The first kappa shape index (κ1) is 13.1. The first-order chi connectivity index (χ1) is 9.23. The van der Waals surface area contributed by atoms with Gasteiger partial charge in [0.2, 0.25) is 0 Å². The van der Waals surface area contributed by atoms with Gasteiger partial charge in [-0.2, -0.15) is 0 Å². The highest BCUT2D eigenvalue weighted by Crippen LogP contribution is 2.47. The van der Waals surface area contributed by atoms with Crippen LogP contribution in [0, 0.1) is 0 Å². The molecule has 2 fully saturated rings. The molecule has 0 aromatic heterocycles. The van der Waals surface area contributed by atoms with Crippen LogP contribution in [0.3, 0.4) is 0 Å². The number of nitrogens with one attached hydrogen (secondary N) is 1. The molecule has 0 amide bonds. The molecule has 1 heterocycles. The normalized spacial score (nSPS) is 30.4. The molecule has 1 atom stereocenters. The average Bonchev–Trinajstić information content (AvgIpc) is 2.90. The summed E-state index contributed by atoms with van der Waals surface area (Å²) in [6.45, 7) is 1.82. The van der Waals surface area contributed by atoms with E-state index in [0.717, 1.165) is 32.4 Å². The summed E-state index contributed by atoms with van der Waals surface area (Å²) >= 11 is 0. The fourth-order valence-electron chi connectivity index (χ4n) is 4.14. The molecule has 1 unspecified atom stereocenters. The summed E-state index contributed by atoms with van der Waals surface area (Å²) in [4.78, 5) is 0. The van der Waals surface area contributed by atoms with Gasteiger partial charge in [0.25, 0.3) is 0 Å². The maximum Gasteiger partial charge on any atom is 0.0780 e. The molecule has 1 aromatic carbocycles. The van der Waals surface area contributed by atoms with Gasteiger partial charge in [-0.1, -0.05) is 43.2 Å². The van der Waals surface area contributed by atoms with Crippen LogP contribution >= 0.6 is 0 Å². The molecule has 1 saturated heterocycles. The second-order valence-corrected chi connectivity index (χ2v) is 6.53. The van der Waals surface area contributed by atoms with E-state index in [1.807, 2.05) is 0 Å². The number of aliphatic hydroxyl groups is 1. The van der Waals surface area contributed by atoms with Crippen molar-refractivity contribution in [3.63, 3.8) is 0 Å². The van der Waals surface area contributed by atoms with Crippen molar-refractivity contribution in [2.45, 2.75) is 56.0 Å². The molecule has 0 spiro atoms. The van der Waals surface area contributed by atoms with E-state index in [9.17, 15) is 5.11 Å². The van der Waals surface area contributed by atoms with Crippen LogP contribution in [0.1, 0.15) is 50.5 Å². The minimum absolute atomic E-state index is 0.217. The lowest BCUT2D eigenvalue weighted by Crippen LogP contribution is -2.49. The van der Waals surface area contributed by atoms with Crippen molar-refractivity contribution in [3.05, 3.63) is 35.9 Å². The van der Waals surface area contributed by atoms with Gasteiger partial charge in [-0.05, 0) is 49.6 Å². The smallest absolute Gasteiger partial charge is 0.0780 e. The number of rotatable bonds is 3. The first-order valence-corrected chi connectivity index (χ1v) is 7.71. The van der Waals surface area contributed by atoms with Crippen LogP contribution in [-0.4, -0.2) is 23.8 Å². The van der Waals surface area contributed by atoms with Crippen molar-refractivity contribution in [2.24, 2.45) is 0 Å². The van der Waals surface area contributed by atoms with E-state index < -0.39 is 5.60 Å². The Labute approximate surface area is 116 Å². The highest BCUT2D eigenvalue weighted by atomic mass is 16.3. The Morgan fingerprint density at radius 1 is 1.00 bits per heavy atom. The first-order valence-electron chi connectivity index (χ1n) is 7.71. The van der Waals surface area contributed by atoms with E-state index in [1.165, 1.54) is 31.2 Å². The van der Waals surface area contributed by atoms with E-state index in [4.69, 9.17) is 0 Å². The summed E-state index contributed by atoms with van der Waals surface area (Å²) in [7, 11) is 0. The van der Waals surface area contributed by atoms with Crippen LogP contribution in [0.5, 0.6) is 0 Å². The van der Waals surface area contributed by atoms with E-state index >= 15 is 0 Å². The molecule has 2 nitrogen and oxygen atoms in total. The molecule has 0 radical (unpaired) electrons. The van der Waals surface area contributed by atoms with Crippen molar-refractivity contribution >= 4 is 0 Å². The Morgan fingerprint density at radius 2 is 1.74 bits per heavy atom. The number of benzene rings is 1. The Hall–Kier alpha value is -0.860. The van der Waals surface area contributed by atoms with E-state index in [0.29, 0.717) is 0 Å². The van der Waals surface area contributed by atoms with E-state index in [2.05, 4.69) is 35.6 Å². The van der Waals surface area contributed by atoms with Gasteiger partial charge >= 0.3 is 0 Å². The fraction of sp³-hybridized carbons (Fsp3) is 0.647. The number of piperidine rings is 1. The predicted octanol–water partition coefficient (Wildman–Crippen LogP) is 3.00. The summed E-state index contributed by atoms with van der Waals surface area (Å²) < 4.78 is 0. The lowest BCUT2D eigenvalue weighted by molar-refractivity contribution is -0.0120. The molecule has 19 heavy (non-hydrogen) atoms. The van der Waals surface area contributed by atoms with Gasteiger partial charge < -0.3 is 10.4 Å². The van der Waals surface area contributed by atoms with Crippen LogP contribution in [-0.2, 0) is 5.41 Å². The number of hydrogen-bond donors (Lipinski definition) is 2. The molecule has 1 saturated carbocycles. The Morgan fingerprint density at radius 3 is 2.37 bits per heavy atom. The molecule has 1 aromatic rings. The zero-order chi connectivity index (χ0) is 13.2. The third-order valence-corrected chi connectivity index (χ3v) is 5.06. The summed E-state index contributed by atoms with van der Waals surface area (Å²) in [5.41, 5.74) is 1.15. The van der Waals surface area contributed by atoms with Crippen LogP contribution in [0.4, 0.5) is 0 Å². The highest BCUT2D eigenvalue weighted by Gasteiger charge is 2.43. The summed E-state index contributed by atoms with van der Waals surface area (Å²) in [6.07, 6.45) is 8.06. The molecule has 2 N–H and O–H groups in total. The van der Waals surface area contributed by atoms with Crippen LogP contribution < -0.4 is 5.32 Å². The Balaban J connectivity index is 1.85. The third kappa shape index (κ3) is 2.70. The highest BCUT2D eigenvalue weighted by molar-refractivity contribution is 5.27. The van der Waals surface area contributed by atoms with Crippen molar-refractivity contribution in [2.75, 3.05) is 13.1 Å². The molecule has 2 heteroatoms. The van der Waals surface area contributed by atoms with E-state index in [-0.39, 0.29) is 5.41 Å². The number of β-amino-alcohol motifs (C(OH)–C–C–N with tert-alkyl or cyclic N) is 1. The summed E-state index contributed by atoms with van der Waals surface area (Å²) in [5, 5.41) is 14.3. The van der Waals surface area contributed by atoms with Crippen molar-refractivity contribution < 1.29 is 5.11 Å². The van der Waals surface area contributed by atoms with Gasteiger partial charge in [-0.3, -0.25) is 0 Å². The third-order valence-electron chi connectivity index (χ3n) is 5.06. The standard InChI is InChI=1S/C17H25NO/c19-17(11-6-12-18-14-17)13-16(9-4-5-10-16)15-7-2-1-3-8-15/h1-3,7-8,18-19H,4-6,9-14H2. The zero-order valence-corrected chi connectivity index (χ0v) is 11.7. The molecule has 104 valence electrons. The largest absolute Gasteiger partial charge is 0.389 e. The molecule has 1 aliphatic carbocycles. The SMILES string of the molecule is OC1(CC2(c3ccccc3)CCCC2)CCCNC1. The summed E-state index contributed by atoms with van der Waals surface area (Å²) in [5.74, 6) is 0. The quantitative estimate of drug-likeness (QED) is 0.874. The topological polar surface area (TPSA) is 32.3 Å². The molecule has 3 rings (SSSR count). The Bertz CT molecular complexity index is 403. The molecule has 1 aliphatic heterocycles. The number of hydrogen-bond acceptors (Lipinski definition) is 2. The second kappa shape index (κ2) is 5.26. The molecular formula is C17H25NO. The molecule has 2 aliphatic rings. The fourth-order valence-corrected chi connectivity index (χ4v) is 4.14. The predicted molar refractivity (Wildman–Crippen MR) is 78.3 cm³/mol. The minimum Gasteiger partial charge on any atom is -0.389 e. The van der Waals surface area contributed by atoms with Crippen molar-refractivity contribution in [1.29, 1.82) is 0 Å². The maximum atomic E-state index is 10.9. The van der Waals surface area contributed by atoms with Crippen molar-refractivity contribution in [3.8, 4) is 0 Å². The minimum atomic E-state index is -0.502. The van der Waals surface area contributed by atoms with Crippen LogP contribution in [0.25, 0.3) is 0 Å². The molecular weight excluding hydrogens is 234 g/mol. The van der Waals surface area contributed by atoms with Crippen LogP contribution in [0.15, 0.2) is 30.3 Å². The van der Waals surface area contributed by atoms with Gasteiger partial charge in [0.1, 0.15) is 0 Å². The van der Waals surface area contributed by atoms with Crippen molar-refractivity contribution in [1.82, 2.24) is 5.32 Å². The zero-order valence-electron chi connectivity index (χ0n) is 11.7. The maximum absolute atomic E-state index is 10.9. The van der Waals surface area contributed by atoms with Gasteiger partial charge in [-0.25, -0.2) is 0 Å².